The molecule has 0 radical (unpaired) electrons. The zero-order chi connectivity index (χ0) is 21.7. The molecule has 162 valence electrons. The molecule has 1 aliphatic rings. The number of tetrazole rings is 1. The number of esters is 1. The molecule has 0 aliphatic carbocycles. The number of nitrogens with two attached hydrogens (primary N) is 1. The number of rotatable bonds is 9. The van der Waals surface area contributed by atoms with Gasteiger partial charge in [0.2, 0.25) is 5.91 Å². The average Bonchev–Trinajstić information content (AvgIpc) is 3.27. The summed E-state index contributed by atoms with van der Waals surface area (Å²) in [6, 6.07) is 9.16. The van der Waals surface area contributed by atoms with E-state index in [0.29, 0.717) is 25.5 Å². The molecule has 0 spiro atoms. The molecule has 3 N–H and O–H groups in total. The van der Waals surface area contributed by atoms with Crippen molar-refractivity contribution in [1.29, 1.82) is 0 Å². The lowest BCUT2D eigenvalue weighted by Gasteiger charge is -2.22. The quantitative estimate of drug-likeness (QED) is 0.417. The second-order valence-electron chi connectivity index (χ2n) is 7.62. The fraction of sp³-hybridized carbons (Fsp3) is 0.526. The molecule has 1 saturated heterocycles. The highest BCUT2D eigenvalue weighted by molar-refractivity contribution is 7.98. The molecule has 1 fully saturated rings. The molecule has 1 aliphatic heterocycles. The Morgan fingerprint density at radius 3 is 2.83 bits per heavy atom. The van der Waals surface area contributed by atoms with Crippen LogP contribution in [0.15, 0.2) is 30.3 Å². The summed E-state index contributed by atoms with van der Waals surface area (Å²) in [6.45, 7) is 4.23. The molecule has 1 amide bonds. The van der Waals surface area contributed by atoms with Gasteiger partial charge < -0.3 is 20.5 Å². The zero-order valence-corrected chi connectivity index (χ0v) is 18.1. The minimum absolute atomic E-state index is 0.180. The highest BCUT2D eigenvalue weighted by Crippen LogP contribution is 2.21. The SMILES string of the molecule is C[n+]1c([C@@H](COCc2ccccc2)NC(=O)C(C)(C)N)nnn1SC1CCOC1=O. The third kappa shape index (κ3) is 5.55. The number of nitrogens with one attached hydrogen (secondary N) is 1. The van der Waals surface area contributed by atoms with E-state index in [-0.39, 0.29) is 23.7 Å². The number of amides is 1. The predicted molar refractivity (Wildman–Crippen MR) is 109 cm³/mol. The maximum atomic E-state index is 12.5. The van der Waals surface area contributed by atoms with Gasteiger partial charge in [-0.2, -0.15) is 4.68 Å². The predicted octanol–water partition coefficient (Wildman–Crippen LogP) is 0.0258. The summed E-state index contributed by atoms with van der Waals surface area (Å²) in [4.78, 5) is 24.3. The molecule has 2 atom stereocenters. The van der Waals surface area contributed by atoms with Crippen molar-refractivity contribution in [3.8, 4) is 0 Å². The van der Waals surface area contributed by atoms with Gasteiger partial charge in [0, 0.05) is 22.6 Å². The van der Waals surface area contributed by atoms with Crippen molar-refractivity contribution < 1.29 is 23.7 Å². The van der Waals surface area contributed by atoms with Crippen LogP contribution in [-0.4, -0.2) is 50.4 Å². The summed E-state index contributed by atoms with van der Waals surface area (Å²) in [6.07, 6.45) is 0.612. The third-order valence-corrected chi connectivity index (χ3v) is 5.71. The molecular weight excluding hydrogens is 408 g/mol. The first-order chi connectivity index (χ1) is 14.3. The number of carbonyl (C=O) groups is 2. The molecule has 30 heavy (non-hydrogen) atoms. The van der Waals surface area contributed by atoms with Gasteiger partial charge in [-0.15, -0.1) is 0 Å². The number of cyclic esters (lactones) is 1. The van der Waals surface area contributed by atoms with Crippen LogP contribution in [0.4, 0.5) is 0 Å². The van der Waals surface area contributed by atoms with Crippen molar-refractivity contribution in [3.63, 3.8) is 0 Å². The first kappa shape index (κ1) is 22.2. The van der Waals surface area contributed by atoms with E-state index in [1.807, 2.05) is 30.3 Å². The van der Waals surface area contributed by atoms with Crippen LogP contribution in [0.25, 0.3) is 0 Å². The molecule has 1 aromatic carbocycles. The maximum absolute atomic E-state index is 12.5. The minimum Gasteiger partial charge on any atom is -0.465 e. The number of aromatic nitrogens is 4. The van der Waals surface area contributed by atoms with E-state index in [0.717, 1.165) is 5.56 Å². The number of carbonyl (C=O) groups excluding carboxylic acids is 2. The van der Waals surface area contributed by atoms with E-state index in [1.54, 1.807) is 25.6 Å². The molecule has 3 rings (SSSR count). The van der Waals surface area contributed by atoms with Crippen molar-refractivity contribution in [2.75, 3.05) is 13.2 Å². The van der Waals surface area contributed by atoms with Gasteiger partial charge >= 0.3 is 11.8 Å². The Hall–Kier alpha value is -2.50. The van der Waals surface area contributed by atoms with Crippen molar-refractivity contribution in [3.05, 3.63) is 41.7 Å². The topological polar surface area (TPSA) is 125 Å². The lowest BCUT2D eigenvalue weighted by atomic mass is 10.1. The molecule has 1 aromatic heterocycles. The van der Waals surface area contributed by atoms with Crippen molar-refractivity contribution in [2.24, 2.45) is 12.8 Å². The molecule has 1 unspecified atom stereocenters. The van der Waals surface area contributed by atoms with E-state index in [9.17, 15) is 9.59 Å². The highest BCUT2D eigenvalue weighted by Gasteiger charge is 2.35. The van der Waals surface area contributed by atoms with Crippen LogP contribution in [0.2, 0.25) is 0 Å². The summed E-state index contributed by atoms with van der Waals surface area (Å²) in [5.74, 6) is -0.116. The highest BCUT2D eigenvalue weighted by atomic mass is 32.2. The molecule has 10 nitrogen and oxygen atoms in total. The van der Waals surface area contributed by atoms with E-state index in [2.05, 4.69) is 15.6 Å². The minimum atomic E-state index is -1.06. The van der Waals surface area contributed by atoms with Crippen LogP contribution in [0.5, 0.6) is 0 Å². The van der Waals surface area contributed by atoms with Gasteiger partial charge in [0.05, 0.1) is 32.4 Å². The standard InChI is InChI=1S/C19H26N6O4S/c1-19(2,20)18(27)21-14(12-28-11-13-7-5-4-6-8-13)16-22-23-25(24(16)3)30-15-9-10-29-17(15)26/h4-8,14-15H,9-12,20H2,1-3H3/p+1/t14-,15?/m1/s1. The van der Waals surface area contributed by atoms with Crippen LogP contribution in [-0.2, 0) is 32.7 Å². The number of ether oxygens (including phenoxy) is 2. The van der Waals surface area contributed by atoms with Crippen LogP contribution < -0.4 is 15.7 Å². The average molecular weight is 436 g/mol. The lowest BCUT2D eigenvalue weighted by molar-refractivity contribution is -0.748. The fourth-order valence-electron chi connectivity index (χ4n) is 2.76. The molecular formula is C19H27N6O4S+. The van der Waals surface area contributed by atoms with Gasteiger partial charge in [0.1, 0.15) is 16.4 Å². The second-order valence-corrected chi connectivity index (χ2v) is 8.73. The monoisotopic (exact) mass is 435 g/mol. The normalized spacial score (nSPS) is 17.6. The van der Waals surface area contributed by atoms with Crippen molar-refractivity contribution in [1.82, 2.24) is 19.8 Å². The van der Waals surface area contributed by atoms with Gasteiger partial charge in [0.15, 0.2) is 5.21 Å². The summed E-state index contributed by atoms with van der Waals surface area (Å²) >= 11 is 1.22. The third-order valence-electron chi connectivity index (χ3n) is 4.52. The van der Waals surface area contributed by atoms with Crippen LogP contribution in [0, 0.1) is 0 Å². The van der Waals surface area contributed by atoms with Crippen LogP contribution in [0.3, 0.4) is 0 Å². The number of benzene rings is 1. The maximum Gasteiger partial charge on any atom is 0.326 e. The van der Waals surface area contributed by atoms with E-state index < -0.39 is 11.6 Å². The van der Waals surface area contributed by atoms with E-state index in [1.165, 1.54) is 16.1 Å². The Bertz CT molecular complexity index is 883. The summed E-state index contributed by atoms with van der Waals surface area (Å²) in [5, 5.41) is 10.9. The first-order valence-electron chi connectivity index (χ1n) is 9.63. The fourth-order valence-corrected chi connectivity index (χ4v) is 3.65. The molecule has 11 heteroatoms. The lowest BCUT2D eigenvalue weighted by Crippen LogP contribution is -2.53. The van der Waals surface area contributed by atoms with Gasteiger partial charge in [-0.05, 0) is 19.4 Å². The van der Waals surface area contributed by atoms with Crippen molar-refractivity contribution >= 4 is 23.8 Å². The van der Waals surface area contributed by atoms with E-state index >= 15 is 0 Å². The second kappa shape index (κ2) is 9.54. The van der Waals surface area contributed by atoms with E-state index in [4.69, 9.17) is 15.2 Å². The van der Waals surface area contributed by atoms with Gasteiger partial charge in [0.25, 0.3) is 0 Å². The first-order valence-corrected chi connectivity index (χ1v) is 10.5. The number of nitrogens with zero attached hydrogens (tertiary/aromatic N) is 4. The van der Waals surface area contributed by atoms with Gasteiger partial charge in [-0.25, -0.2) is 0 Å². The van der Waals surface area contributed by atoms with Gasteiger partial charge in [-0.1, -0.05) is 30.3 Å². The Balaban J connectivity index is 1.73. The smallest absolute Gasteiger partial charge is 0.326 e. The van der Waals surface area contributed by atoms with Crippen molar-refractivity contribution in [2.45, 2.75) is 43.7 Å². The molecule has 2 heterocycles. The largest absolute Gasteiger partial charge is 0.465 e. The summed E-state index contributed by atoms with van der Waals surface area (Å²) in [5.41, 5.74) is 5.89. The van der Waals surface area contributed by atoms with Crippen LogP contribution in [0.1, 0.15) is 37.7 Å². The number of hydrogen-bond acceptors (Lipinski definition) is 8. The Labute approximate surface area is 179 Å². The van der Waals surface area contributed by atoms with Gasteiger partial charge in [-0.3, -0.25) is 9.59 Å². The van der Waals surface area contributed by atoms with Crippen LogP contribution >= 0.6 is 11.9 Å². The summed E-state index contributed by atoms with van der Waals surface area (Å²) < 4.78 is 14.0. The Morgan fingerprint density at radius 2 is 2.20 bits per heavy atom. The molecule has 0 saturated carbocycles. The Morgan fingerprint density at radius 1 is 1.47 bits per heavy atom. The molecule has 2 aromatic rings. The molecule has 0 bridgehead atoms. The Kier molecular flexibility index (Phi) is 7.06. The zero-order valence-electron chi connectivity index (χ0n) is 17.3. The number of hydrogen-bond donors (Lipinski definition) is 2. The summed E-state index contributed by atoms with van der Waals surface area (Å²) in [7, 11) is 1.76.